The van der Waals surface area contributed by atoms with Gasteiger partial charge in [0.1, 0.15) is 12.4 Å². The van der Waals surface area contributed by atoms with Gasteiger partial charge in [0.15, 0.2) is 0 Å². The number of carbonyl (C=O) groups excluding carboxylic acids is 1. The van der Waals surface area contributed by atoms with Crippen molar-refractivity contribution in [3.8, 4) is 0 Å². The Labute approximate surface area is 167 Å². The molecular weight excluding hydrogens is 343 g/mol. The molecule has 1 aliphatic heterocycles. The molecule has 3 rings (SSSR count). The number of ether oxygens (including phenoxy) is 1. The SMILES string of the molecule is [2H]c1c([2H])c([2H])c(CCN2CCC(N(C(=O)COC)c3ccccc3F)CC2)c([2H])c1[2H]. The predicted octanol–water partition coefficient (Wildman–Crippen LogP) is 3.51. The molecular formula is C22H27FN2O2. The van der Waals surface area contributed by atoms with Gasteiger partial charge in [-0.05, 0) is 37.0 Å². The smallest absolute Gasteiger partial charge is 0.253 e. The lowest BCUT2D eigenvalue weighted by Crippen LogP contribution is -2.49. The summed E-state index contributed by atoms with van der Waals surface area (Å²) in [5.74, 6) is -0.754. The summed E-state index contributed by atoms with van der Waals surface area (Å²) in [4.78, 5) is 16.3. The van der Waals surface area contributed by atoms with E-state index in [1.807, 2.05) is 0 Å². The van der Waals surface area contributed by atoms with Gasteiger partial charge in [-0.3, -0.25) is 4.79 Å². The number of nitrogens with zero attached hydrogens (tertiary/aromatic N) is 2. The van der Waals surface area contributed by atoms with E-state index in [1.165, 1.54) is 18.1 Å². The highest BCUT2D eigenvalue weighted by Gasteiger charge is 2.30. The van der Waals surface area contributed by atoms with Gasteiger partial charge < -0.3 is 14.5 Å². The number of hydrogen-bond acceptors (Lipinski definition) is 3. The van der Waals surface area contributed by atoms with Gasteiger partial charge in [0.05, 0.1) is 12.5 Å². The Morgan fingerprint density at radius 3 is 2.63 bits per heavy atom. The number of likely N-dealkylation sites (tertiary alicyclic amines) is 1. The lowest BCUT2D eigenvalue weighted by Gasteiger charge is -2.38. The zero-order valence-electron chi connectivity index (χ0n) is 20.4. The minimum atomic E-state index is -0.458. The van der Waals surface area contributed by atoms with Crippen molar-refractivity contribution >= 4 is 11.6 Å². The number of methoxy groups -OCH3 is 1. The van der Waals surface area contributed by atoms with Crippen molar-refractivity contribution in [3.05, 3.63) is 65.9 Å². The molecule has 1 saturated heterocycles. The molecule has 0 unspecified atom stereocenters. The summed E-state index contributed by atoms with van der Waals surface area (Å²) in [6.07, 6.45) is 1.59. The second kappa shape index (κ2) is 9.62. The third-order valence-electron chi connectivity index (χ3n) is 4.80. The maximum absolute atomic E-state index is 14.4. The standard InChI is InChI=1S/C22H27FN2O2/c1-27-17-22(26)25(21-10-6-5-9-20(21)23)19-12-15-24(16-13-19)14-11-18-7-3-2-4-8-18/h2-10,19H,11-17H2,1H3/i2D,3D,4D,7D,8D. The van der Waals surface area contributed by atoms with Crippen LogP contribution in [0, 0.1) is 5.82 Å². The maximum Gasteiger partial charge on any atom is 0.253 e. The zero-order chi connectivity index (χ0) is 23.4. The molecule has 144 valence electrons. The third kappa shape index (κ3) is 5.15. The fraction of sp³-hybridized carbons (Fsp3) is 0.409. The molecule has 5 heteroatoms. The molecule has 0 bridgehead atoms. The lowest BCUT2D eigenvalue weighted by molar-refractivity contribution is -0.122. The monoisotopic (exact) mass is 375 g/mol. The molecule has 1 amide bonds. The maximum atomic E-state index is 14.4. The van der Waals surface area contributed by atoms with Crippen LogP contribution in [0.3, 0.4) is 0 Å². The van der Waals surface area contributed by atoms with Crippen molar-refractivity contribution in [2.45, 2.75) is 25.3 Å². The quantitative estimate of drug-likeness (QED) is 0.742. The summed E-state index contributed by atoms with van der Waals surface area (Å²) in [5.41, 5.74) is 0.550. The Hall–Kier alpha value is -2.24. The second-order valence-corrected chi connectivity index (χ2v) is 6.57. The minimum Gasteiger partial charge on any atom is -0.375 e. The van der Waals surface area contributed by atoms with E-state index in [-0.39, 0.29) is 48.4 Å². The molecule has 1 fully saturated rings. The van der Waals surface area contributed by atoms with Gasteiger partial charge in [-0.1, -0.05) is 42.3 Å². The van der Waals surface area contributed by atoms with E-state index in [4.69, 9.17) is 11.6 Å². The molecule has 2 aromatic carbocycles. The van der Waals surface area contributed by atoms with Crippen LogP contribution in [0.1, 0.15) is 25.3 Å². The fourth-order valence-electron chi connectivity index (χ4n) is 3.45. The molecule has 0 saturated carbocycles. The van der Waals surface area contributed by atoms with Crippen molar-refractivity contribution in [1.29, 1.82) is 0 Å². The summed E-state index contributed by atoms with van der Waals surface area (Å²) < 4.78 is 58.9. The lowest BCUT2D eigenvalue weighted by atomic mass is 10.0. The van der Waals surface area contributed by atoms with E-state index in [0.29, 0.717) is 44.5 Å². The molecule has 1 aliphatic rings. The van der Waals surface area contributed by atoms with Crippen LogP contribution < -0.4 is 4.90 Å². The van der Waals surface area contributed by atoms with Crippen LogP contribution >= 0.6 is 0 Å². The van der Waals surface area contributed by atoms with Gasteiger partial charge in [0.2, 0.25) is 0 Å². The van der Waals surface area contributed by atoms with E-state index < -0.39 is 11.9 Å². The number of halogens is 1. The first-order chi connectivity index (χ1) is 15.3. The fourth-order valence-corrected chi connectivity index (χ4v) is 3.45. The molecule has 0 aromatic heterocycles. The third-order valence-corrected chi connectivity index (χ3v) is 4.80. The number of para-hydroxylation sites is 1. The molecule has 0 aliphatic carbocycles. The average Bonchev–Trinajstić information content (AvgIpc) is 2.79. The van der Waals surface area contributed by atoms with Gasteiger partial charge in [-0.2, -0.15) is 0 Å². The van der Waals surface area contributed by atoms with Crippen molar-refractivity contribution in [2.75, 3.05) is 38.3 Å². The zero-order valence-corrected chi connectivity index (χ0v) is 15.4. The van der Waals surface area contributed by atoms with Crippen LogP contribution in [-0.2, 0) is 16.0 Å². The van der Waals surface area contributed by atoms with E-state index in [9.17, 15) is 9.18 Å². The van der Waals surface area contributed by atoms with Crippen LogP contribution in [0.15, 0.2) is 54.5 Å². The topological polar surface area (TPSA) is 32.8 Å². The van der Waals surface area contributed by atoms with Gasteiger partial charge in [0, 0.05) is 32.8 Å². The minimum absolute atomic E-state index is 0.135. The first-order valence-electron chi connectivity index (χ1n) is 11.6. The molecule has 0 radical (unpaired) electrons. The molecule has 2 aromatic rings. The van der Waals surface area contributed by atoms with Crippen molar-refractivity contribution in [2.24, 2.45) is 0 Å². The van der Waals surface area contributed by atoms with E-state index in [1.54, 1.807) is 18.2 Å². The van der Waals surface area contributed by atoms with Crippen LogP contribution in [-0.4, -0.2) is 50.2 Å². The van der Waals surface area contributed by atoms with E-state index in [2.05, 4.69) is 4.90 Å². The van der Waals surface area contributed by atoms with E-state index >= 15 is 0 Å². The van der Waals surface area contributed by atoms with Crippen LogP contribution in [0.4, 0.5) is 10.1 Å². The van der Waals surface area contributed by atoms with Crippen molar-refractivity contribution < 1.29 is 20.8 Å². The molecule has 0 N–H and O–H groups in total. The number of amides is 1. The van der Waals surface area contributed by atoms with E-state index in [0.717, 1.165) is 0 Å². The first kappa shape index (κ1) is 13.9. The molecule has 1 heterocycles. The Morgan fingerprint density at radius 2 is 1.96 bits per heavy atom. The summed E-state index contributed by atoms with van der Waals surface area (Å²) >= 11 is 0. The molecule has 4 nitrogen and oxygen atoms in total. The van der Waals surface area contributed by atoms with Gasteiger partial charge >= 0.3 is 0 Å². The van der Waals surface area contributed by atoms with Gasteiger partial charge in [0.25, 0.3) is 5.91 Å². The first-order valence-corrected chi connectivity index (χ1v) is 9.10. The van der Waals surface area contributed by atoms with Gasteiger partial charge in [-0.15, -0.1) is 0 Å². The summed E-state index contributed by atoms with van der Waals surface area (Å²) in [6, 6.07) is 4.66. The second-order valence-electron chi connectivity index (χ2n) is 6.57. The van der Waals surface area contributed by atoms with Gasteiger partial charge in [-0.25, -0.2) is 4.39 Å². The highest BCUT2D eigenvalue weighted by molar-refractivity contribution is 5.95. The summed E-state index contributed by atoms with van der Waals surface area (Å²) in [6.45, 7) is 1.69. The normalized spacial score (nSPS) is 18.2. The average molecular weight is 375 g/mol. The number of rotatable bonds is 7. The predicted molar refractivity (Wildman–Crippen MR) is 105 cm³/mol. The molecule has 27 heavy (non-hydrogen) atoms. The number of benzene rings is 2. The van der Waals surface area contributed by atoms with Crippen LogP contribution in [0.25, 0.3) is 0 Å². The largest absolute Gasteiger partial charge is 0.375 e. The number of anilines is 1. The Balaban J connectivity index is 1.68. The molecule has 0 spiro atoms. The number of carbonyl (C=O) groups is 1. The van der Waals surface area contributed by atoms with Crippen LogP contribution in [0.5, 0.6) is 0 Å². The highest BCUT2D eigenvalue weighted by Crippen LogP contribution is 2.26. The van der Waals surface area contributed by atoms with Crippen molar-refractivity contribution in [3.63, 3.8) is 0 Å². The highest BCUT2D eigenvalue weighted by atomic mass is 19.1. The Bertz CT molecular complexity index is 954. The van der Waals surface area contributed by atoms with Crippen molar-refractivity contribution in [1.82, 2.24) is 4.90 Å². The summed E-state index contributed by atoms with van der Waals surface area (Å²) in [7, 11) is 1.43. The number of hydrogen-bond donors (Lipinski definition) is 0. The molecule has 0 atom stereocenters. The number of piperidine rings is 1. The van der Waals surface area contributed by atoms with Crippen LogP contribution in [0.2, 0.25) is 0 Å². The Kier molecular flexibility index (Phi) is 4.94. The summed E-state index contributed by atoms with van der Waals surface area (Å²) in [5, 5.41) is 0. The Morgan fingerprint density at radius 1 is 1.26 bits per heavy atom.